The van der Waals surface area contributed by atoms with Crippen LogP contribution in [0.15, 0.2) is 48.8 Å². The number of nitrogens with zero attached hydrogens (tertiary/aromatic N) is 3. The van der Waals surface area contributed by atoms with Crippen molar-refractivity contribution in [1.82, 2.24) is 19.8 Å². The smallest absolute Gasteiger partial charge is 0.266 e. The van der Waals surface area contributed by atoms with E-state index in [1.807, 2.05) is 25.1 Å². The van der Waals surface area contributed by atoms with Crippen LogP contribution < -0.4 is 0 Å². The average molecular weight is 464 g/mol. The molecular weight excluding hydrogens is 445 g/mol. The number of hydrogen-bond acceptors (Lipinski definition) is 4. The molecule has 1 aliphatic rings. The van der Waals surface area contributed by atoms with Crippen molar-refractivity contribution in [2.75, 3.05) is 19.6 Å². The van der Waals surface area contributed by atoms with Gasteiger partial charge in [0.05, 0.1) is 16.8 Å². The number of benzene rings is 1. The van der Waals surface area contributed by atoms with Crippen LogP contribution in [0.5, 0.6) is 0 Å². The molecule has 7 nitrogen and oxygen atoms in total. The van der Waals surface area contributed by atoms with Gasteiger partial charge in [0.15, 0.2) is 0 Å². The number of aromatic nitrogens is 2. The second-order valence-corrected chi connectivity index (χ2v) is 6.65. The predicted octanol–water partition coefficient (Wildman–Crippen LogP) is 2.20. The number of aryl methyl sites for hydroxylation is 1. The molecule has 0 spiro atoms. The van der Waals surface area contributed by atoms with Gasteiger partial charge < -0.3 is 14.8 Å². The normalized spacial score (nSPS) is 13.8. The van der Waals surface area contributed by atoms with E-state index in [0.717, 1.165) is 11.2 Å². The van der Waals surface area contributed by atoms with Gasteiger partial charge in [-0.2, -0.15) is 0 Å². The Balaban J connectivity index is 0.00000240. The molecule has 3 aromatic rings. The van der Waals surface area contributed by atoms with E-state index in [1.54, 1.807) is 42.0 Å². The Labute approximate surface area is 193 Å². The first kappa shape index (κ1) is 21.3. The summed E-state index contributed by atoms with van der Waals surface area (Å²) in [5.41, 5.74) is 2.46. The third kappa shape index (κ3) is 4.16. The van der Waals surface area contributed by atoms with E-state index >= 15 is 0 Å². The number of nitrogens with one attached hydrogen (secondary N) is 1. The van der Waals surface area contributed by atoms with Gasteiger partial charge in [-0.05, 0) is 25.1 Å². The number of piperazine rings is 1. The molecular formula is C21H19N4O3Y-. The Morgan fingerprint density at radius 3 is 2.55 bits per heavy atom. The number of amides is 2. The molecule has 145 valence electrons. The fourth-order valence-corrected chi connectivity index (χ4v) is 3.37. The summed E-state index contributed by atoms with van der Waals surface area (Å²) >= 11 is 0. The summed E-state index contributed by atoms with van der Waals surface area (Å²) in [7, 11) is 0. The first-order valence-electron chi connectivity index (χ1n) is 9.02. The van der Waals surface area contributed by atoms with Gasteiger partial charge in [-0.15, -0.1) is 0 Å². The Hall–Kier alpha value is -2.38. The summed E-state index contributed by atoms with van der Waals surface area (Å²) in [4.78, 5) is 48.2. The number of hydrogen-bond donors (Lipinski definition) is 1. The molecule has 3 heterocycles. The van der Waals surface area contributed by atoms with Gasteiger partial charge in [-0.1, -0.05) is 24.7 Å². The van der Waals surface area contributed by atoms with E-state index in [0.29, 0.717) is 23.1 Å². The maximum atomic E-state index is 12.7. The minimum Gasteiger partial charge on any atom is -0.483 e. The van der Waals surface area contributed by atoms with Crippen molar-refractivity contribution in [3.8, 4) is 0 Å². The van der Waals surface area contributed by atoms with E-state index in [-0.39, 0.29) is 51.7 Å². The maximum absolute atomic E-state index is 12.7. The molecule has 4 rings (SSSR count). The Kier molecular flexibility index (Phi) is 6.60. The molecule has 8 heteroatoms. The minimum absolute atomic E-state index is 0. The summed E-state index contributed by atoms with van der Waals surface area (Å²) in [6.07, 6.45) is 3.17. The predicted molar refractivity (Wildman–Crippen MR) is 104 cm³/mol. The van der Waals surface area contributed by atoms with Crippen molar-refractivity contribution in [2.45, 2.75) is 6.92 Å². The van der Waals surface area contributed by atoms with Crippen molar-refractivity contribution >= 4 is 28.5 Å². The molecule has 0 atom stereocenters. The Bertz CT molecular complexity index is 1060. The second-order valence-electron chi connectivity index (χ2n) is 6.65. The van der Waals surface area contributed by atoms with Gasteiger partial charge in [-0.3, -0.25) is 19.4 Å². The topological polar surface area (TPSA) is 86.4 Å². The summed E-state index contributed by atoms with van der Waals surface area (Å²) in [6, 6.07) is 10.7. The first-order chi connectivity index (χ1) is 13.6. The zero-order valence-electron chi connectivity index (χ0n) is 16.0. The number of Topliss-reactive ketones (excluding diaryl/α,β-unsaturated/α-hetero) is 1. The van der Waals surface area contributed by atoms with Crippen LogP contribution in [-0.2, 0) is 37.5 Å². The molecule has 0 unspecified atom stereocenters. The Morgan fingerprint density at radius 1 is 1.10 bits per heavy atom. The van der Waals surface area contributed by atoms with Crippen LogP contribution in [0.2, 0.25) is 0 Å². The second kappa shape index (κ2) is 8.97. The number of aromatic amines is 1. The van der Waals surface area contributed by atoms with E-state index in [2.05, 4.69) is 9.97 Å². The number of rotatable bonds is 3. The average Bonchev–Trinajstić information content (AvgIpc) is 3.18. The van der Waals surface area contributed by atoms with E-state index < -0.39 is 11.7 Å². The minimum atomic E-state index is -0.595. The van der Waals surface area contributed by atoms with Crippen molar-refractivity contribution in [3.05, 3.63) is 72.2 Å². The number of pyridine rings is 1. The zero-order chi connectivity index (χ0) is 19.7. The van der Waals surface area contributed by atoms with Gasteiger partial charge in [0.1, 0.15) is 0 Å². The molecule has 1 saturated heterocycles. The fourth-order valence-electron chi connectivity index (χ4n) is 3.37. The third-order valence-corrected chi connectivity index (χ3v) is 4.93. The molecule has 1 radical (unpaired) electrons. The van der Waals surface area contributed by atoms with Crippen LogP contribution in [-0.4, -0.2) is 57.0 Å². The number of ketones is 1. The standard InChI is InChI=1S/C21H19N4O3.Y/c1-14-18-16(7-8-22-14)17(13-23-18)19(26)21(28)25-11-9-24(10-12-25)20(27)15-5-3-2-4-6-15;/h2-8,11,13,23H,9-10,12H2,1H3;/q-1;. The zero-order valence-corrected chi connectivity index (χ0v) is 18.8. The van der Waals surface area contributed by atoms with Gasteiger partial charge in [-0.25, -0.2) is 6.54 Å². The largest absolute Gasteiger partial charge is 0.483 e. The molecule has 1 aromatic carbocycles. The van der Waals surface area contributed by atoms with Gasteiger partial charge in [0, 0.05) is 69.1 Å². The molecule has 0 aliphatic carbocycles. The monoisotopic (exact) mass is 464 g/mol. The first-order valence-corrected chi connectivity index (χ1v) is 9.02. The number of fused-ring (bicyclic) bond motifs is 1. The molecule has 1 N–H and O–H groups in total. The van der Waals surface area contributed by atoms with E-state index in [9.17, 15) is 14.4 Å². The molecule has 0 bridgehead atoms. The molecule has 2 amide bonds. The molecule has 1 aliphatic heterocycles. The number of carbonyl (C=O) groups excluding carboxylic acids is 3. The molecule has 0 saturated carbocycles. The van der Waals surface area contributed by atoms with Crippen LogP contribution in [0.25, 0.3) is 10.9 Å². The van der Waals surface area contributed by atoms with Gasteiger partial charge >= 0.3 is 0 Å². The number of carbonyl (C=O) groups is 3. The van der Waals surface area contributed by atoms with E-state index in [1.165, 1.54) is 4.90 Å². The third-order valence-electron chi connectivity index (χ3n) is 4.93. The van der Waals surface area contributed by atoms with Crippen molar-refractivity contribution in [1.29, 1.82) is 0 Å². The van der Waals surface area contributed by atoms with Crippen LogP contribution in [0, 0.1) is 13.5 Å². The summed E-state index contributed by atoms with van der Waals surface area (Å²) in [5, 5.41) is 0.684. The SMILES string of the molecule is Cc1nccc2c(C(=O)C(=O)N3[CH-]CN(C(=O)c4ccccc4)CC3)c[nH]c12.[Y]. The van der Waals surface area contributed by atoms with Gasteiger partial charge in [0.2, 0.25) is 5.78 Å². The molecule has 1 fully saturated rings. The van der Waals surface area contributed by atoms with Crippen molar-refractivity contribution in [3.63, 3.8) is 0 Å². The molecule has 2 aromatic heterocycles. The summed E-state index contributed by atoms with van der Waals surface area (Å²) in [5.74, 6) is -1.26. The Morgan fingerprint density at radius 2 is 1.86 bits per heavy atom. The molecule has 29 heavy (non-hydrogen) atoms. The van der Waals surface area contributed by atoms with Crippen molar-refractivity contribution < 1.29 is 47.1 Å². The maximum Gasteiger partial charge on any atom is 0.266 e. The fraction of sp³-hybridized carbons (Fsp3) is 0.190. The quantitative estimate of drug-likeness (QED) is 0.366. The van der Waals surface area contributed by atoms with Crippen LogP contribution in [0.1, 0.15) is 26.4 Å². The summed E-state index contributed by atoms with van der Waals surface area (Å²) in [6.45, 7) is 4.38. The van der Waals surface area contributed by atoms with Gasteiger partial charge in [0.25, 0.3) is 11.8 Å². The van der Waals surface area contributed by atoms with Crippen LogP contribution in [0.3, 0.4) is 0 Å². The van der Waals surface area contributed by atoms with E-state index in [4.69, 9.17) is 0 Å². The van der Waals surface area contributed by atoms with Crippen molar-refractivity contribution in [2.24, 2.45) is 0 Å². The number of H-pyrrole nitrogens is 1. The summed E-state index contributed by atoms with van der Waals surface area (Å²) < 4.78 is 0. The van der Waals surface area contributed by atoms with Crippen LogP contribution in [0.4, 0.5) is 0 Å². The van der Waals surface area contributed by atoms with Crippen LogP contribution >= 0.6 is 0 Å².